The van der Waals surface area contributed by atoms with Crippen LogP contribution in [-0.4, -0.2) is 80.5 Å². The van der Waals surface area contributed by atoms with Crippen molar-refractivity contribution >= 4 is 107 Å². The molecule has 0 saturated carbocycles. The van der Waals surface area contributed by atoms with E-state index in [4.69, 9.17) is 55.9 Å². The number of fused-ring (bicyclic) bond motifs is 2. The number of halogens is 4. The first-order valence-electron chi connectivity index (χ1n) is 20.0. The van der Waals surface area contributed by atoms with Crippen LogP contribution in [0.15, 0.2) is 119 Å². The number of hydrogen-bond donors (Lipinski definition) is 3. The van der Waals surface area contributed by atoms with Gasteiger partial charge < -0.3 is 25.2 Å². The third kappa shape index (κ3) is 9.79. The lowest BCUT2D eigenvalue weighted by Crippen LogP contribution is -2.48. The van der Waals surface area contributed by atoms with Crippen LogP contribution in [0.3, 0.4) is 0 Å². The highest BCUT2D eigenvalue weighted by molar-refractivity contribution is 7.93. The van der Waals surface area contributed by atoms with Crippen molar-refractivity contribution in [2.45, 2.75) is 35.2 Å². The topological polar surface area (TPSA) is 227 Å². The molecule has 2 aliphatic rings. The Kier molecular flexibility index (Phi) is 13.5. The Morgan fingerprint density at radius 3 is 2.21 bits per heavy atom. The van der Waals surface area contributed by atoms with Gasteiger partial charge in [0.25, 0.3) is 31.8 Å². The number of aromatic nitrogens is 3. The van der Waals surface area contributed by atoms with Gasteiger partial charge in [0.1, 0.15) is 12.4 Å². The molecule has 67 heavy (non-hydrogen) atoms. The van der Waals surface area contributed by atoms with Crippen LogP contribution in [0.2, 0.25) is 20.1 Å². The second-order valence-corrected chi connectivity index (χ2v) is 20.5. The van der Waals surface area contributed by atoms with E-state index in [0.29, 0.717) is 0 Å². The van der Waals surface area contributed by atoms with E-state index < -0.39 is 62.3 Å². The highest BCUT2D eigenvalue weighted by Crippen LogP contribution is 2.40. The molecule has 2 amide bonds. The van der Waals surface area contributed by atoms with Gasteiger partial charge in [0.2, 0.25) is 17.8 Å². The molecule has 0 saturated heterocycles. The fraction of sp³-hybridized carbons (Fsp3) is 0.182. The molecule has 0 radical (unpaired) electrons. The summed E-state index contributed by atoms with van der Waals surface area (Å²) in [6.07, 6.45) is 0.611. The molecule has 3 N–H and O–H groups in total. The Bertz CT molecular complexity index is 3150. The number of carbonyl (C=O) groups excluding carboxylic acids is 2. The van der Waals surface area contributed by atoms with Gasteiger partial charge in [-0.1, -0.05) is 88.9 Å². The Labute approximate surface area is 403 Å². The fourth-order valence-corrected chi connectivity index (χ4v) is 11.5. The first-order valence-corrected chi connectivity index (χ1v) is 24.4. The van der Waals surface area contributed by atoms with Crippen LogP contribution in [0.5, 0.6) is 11.6 Å². The molecule has 0 bridgehead atoms. The number of carbonyl (C=O) groups is 3. The maximum Gasteiger partial charge on any atom is 0.345 e. The molecular weight excluding hydrogens is 992 g/mol. The summed E-state index contributed by atoms with van der Waals surface area (Å²) in [6.45, 7) is 0.974. The molecule has 0 aliphatic carbocycles. The maximum atomic E-state index is 14.4. The van der Waals surface area contributed by atoms with E-state index in [2.05, 4.69) is 25.6 Å². The number of rotatable bonds is 13. The van der Waals surface area contributed by atoms with Crippen molar-refractivity contribution in [2.24, 2.45) is 5.92 Å². The van der Waals surface area contributed by atoms with Crippen molar-refractivity contribution in [2.75, 3.05) is 38.9 Å². The van der Waals surface area contributed by atoms with Gasteiger partial charge in [0, 0.05) is 23.9 Å². The molecule has 8 rings (SSSR count). The van der Waals surface area contributed by atoms with Crippen LogP contribution in [0.25, 0.3) is 0 Å². The number of carboxylic acids is 1. The normalized spacial score (nSPS) is 15.6. The third-order valence-corrected chi connectivity index (χ3v) is 15.5. The Balaban J connectivity index is 1.06. The fourth-order valence-electron chi connectivity index (χ4n) is 7.38. The molecular formula is C44H35Cl4N7O10S2. The smallest absolute Gasteiger partial charge is 0.345 e. The minimum Gasteiger partial charge on any atom is -0.478 e. The number of ether oxygens (including phenoxy) is 2. The summed E-state index contributed by atoms with van der Waals surface area (Å²) in [4.78, 5) is 51.9. The van der Waals surface area contributed by atoms with Gasteiger partial charge in [-0.05, 0) is 67.1 Å². The predicted molar refractivity (Wildman–Crippen MR) is 251 cm³/mol. The highest BCUT2D eigenvalue weighted by atomic mass is 35.5. The summed E-state index contributed by atoms with van der Waals surface area (Å²) < 4.78 is 70.7. The van der Waals surface area contributed by atoms with Gasteiger partial charge in [-0.3, -0.25) is 18.9 Å². The van der Waals surface area contributed by atoms with E-state index >= 15 is 0 Å². The number of hydrogen-bond acceptors (Lipinski definition) is 12. The van der Waals surface area contributed by atoms with E-state index in [1.807, 2.05) is 6.07 Å². The van der Waals surface area contributed by atoms with Gasteiger partial charge in [0.05, 0.1) is 72.3 Å². The van der Waals surface area contributed by atoms with Gasteiger partial charge >= 0.3 is 5.97 Å². The number of sulfonamides is 2. The van der Waals surface area contributed by atoms with E-state index in [-0.39, 0.29) is 95.4 Å². The van der Waals surface area contributed by atoms with Crippen LogP contribution >= 0.6 is 46.4 Å². The molecule has 4 heterocycles. The molecule has 1 unspecified atom stereocenters. The molecule has 346 valence electrons. The summed E-state index contributed by atoms with van der Waals surface area (Å²) in [5.41, 5.74) is 0.971. The van der Waals surface area contributed by atoms with Crippen molar-refractivity contribution in [3.63, 3.8) is 0 Å². The van der Waals surface area contributed by atoms with Crippen LogP contribution in [0.4, 0.5) is 23.0 Å². The van der Waals surface area contributed by atoms with Crippen molar-refractivity contribution in [1.82, 2.24) is 15.0 Å². The second-order valence-electron chi connectivity index (χ2n) is 15.1. The average molecular weight is 1030 g/mol. The van der Waals surface area contributed by atoms with E-state index in [1.165, 1.54) is 60.9 Å². The number of pyridine rings is 1. The van der Waals surface area contributed by atoms with Crippen LogP contribution in [0.1, 0.15) is 34.5 Å². The summed E-state index contributed by atoms with van der Waals surface area (Å²) in [5.74, 6) is -4.84. The molecule has 2 aromatic heterocycles. The number of nitrogens with zero attached hydrogens (tertiary/aromatic N) is 5. The summed E-state index contributed by atoms with van der Waals surface area (Å²) in [6, 6.07) is 23.8. The molecule has 2 aliphatic heterocycles. The lowest BCUT2D eigenvalue weighted by molar-refractivity contribution is -0.147. The lowest BCUT2D eigenvalue weighted by atomic mass is 9.92. The number of benzene rings is 4. The van der Waals surface area contributed by atoms with Crippen LogP contribution in [0, 0.1) is 5.92 Å². The average Bonchev–Trinajstić information content (AvgIpc) is 3.30. The summed E-state index contributed by atoms with van der Waals surface area (Å²) >= 11 is 25.3. The van der Waals surface area contributed by atoms with Crippen LogP contribution < -0.4 is 28.7 Å². The molecule has 0 spiro atoms. The van der Waals surface area contributed by atoms with Crippen molar-refractivity contribution in [3.05, 3.63) is 146 Å². The lowest BCUT2D eigenvalue weighted by Gasteiger charge is -2.37. The Morgan fingerprint density at radius 1 is 0.806 bits per heavy atom. The minimum absolute atomic E-state index is 0.0239. The first kappa shape index (κ1) is 47.3. The van der Waals surface area contributed by atoms with Gasteiger partial charge in [-0.2, -0.15) is 0 Å². The van der Waals surface area contributed by atoms with Crippen molar-refractivity contribution < 1.29 is 45.8 Å². The van der Waals surface area contributed by atoms with Gasteiger partial charge in [-0.15, -0.1) is 0 Å². The third-order valence-electron chi connectivity index (χ3n) is 10.8. The highest BCUT2D eigenvalue weighted by Gasteiger charge is 2.42. The number of amides is 2. The monoisotopic (exact) mass is 1030 g/mol. The van der Waals surface area contributed by atoms with Crippen molar-refractivity contribution in [1.29, 1.82) is 0 Å². The van der Waals surface area contributed by atoms with Crippen LogP contribution in [-0.2, 0) is 36.1 Å². The molecule has 6 aromatic rings. The molecule has 3 atom stereocenters. The van der Waals surface area contributed by atoms with E-state index in [1.54, 1.807) is 37.3 Å². The minimum atomic E-state index is -4.49. The standard InChI is InChI=1S/C44H35Cl4N7O10S2/c1-24(25-7-3-2-4-8-25)41(56)53-37-22-50-43-40(52-37)54(15-16-64-43)66(60,61)30-13-14-36(33(48)20-30)65-39(44(58)59)26-17-34-35(55(23-26)67(62,63)29-10-5-9-27(45)18-29)19-28(21-49-34)51-42(57)38-31(46)11-6-12-32(38)47/h2-14,18-22,24,26,39H,15-17,23H2,1H3,(H,51,57)(H,58,59)(H,52,53,56)/t24-,26+,39?/m0/s1. The SMILES string of the molecule is C[C@H](C(=O)Nc1cnc2c(n1)N(S(=O)(=O)c1ccc(OC(C(=O)O)[C@@H]3Cc4ncc(NC(=O)c5c(Cl)cccc5Cl)cc4N(S(=O)(=O)c4cccc(Cl)c4)C3)c(Cl)c1)CCO2)c1ccccc1. The zero-order valence-electron chi connectivity index (χ0n) is 34.6. The predicted octanol–water partition coefficient (Wildman–Crippen LogP) is 7.97. The molecule has 4 aromatic carbocycles. The zero-order chi connectivity index (χ0) is 47.8. The van der Waals surface area contributed by atoms with E-state index in [0.717, 1.165) is 26.3 Å². The Morgan fingerprint density at radius 2 is 1.51 bits per heavy atom. The van der Waals surface area contributed by atoms with Gasteiger partial charge in [-0.25, -0.2) is 35.9 Å². The molecule has 0 fully saturated rings. The van der Waals surface area contributed by atoms with Crippen molar-refractivity contribution in [3.8, 4) is 11.6 Å². The maximum absolute atomic E-state index is 14.4. The largest absolute Gasteiger partial charge is 0.478 e. The second kappa shape index (κ2) is 19.2. The Hall–Kier alpha value is -6.22. The summed E-state index contributed by atoms with van der Waals surface area (Å²) in [7, 11) is -8.94. The first-order chi connectivity index (χ1) is 31.9. The number of nitrogens with one attached hydrogen (secondary N) is 2. The number of anilines is 4. The zero-order valence-corrected chi connectivity index (χ0v) is 39.3. The van der Waals surface area contributed by atoms with E-state index in [9.17, 15) is 36.3 Å². The summed E-state index contributed by atoms with van der Waals surface area (Å²) in [5, 5.41) is 15.9. The quantitative estimate of drug-likeness (QED) is 0.0999. The molecule has 23 heteroatoms. The van der Waals surface area contributed by atoms with Gasteiger partial charge in [0.15, 0.2) is 5.82 Å². The number of carboxylic acid groups (broad SMARTS) is 1. The molecule has 17 nitrogen and oxygen atoms in total. The number of aliphatic carboxylic acids is 1.